The molecule has 2 aromatic heterocycles. The first kappa shape index (κ1) is 19.1. The van der Waals surface area contributed by atoms with Crippen LogP contribution < -0.4 is 0 Å². The number of nitrogens with one attached hydrogen (secondary N) is 1. The maximum atomic E-state index is 12.7. The molecule has 0 unspecified atom stereocenters. The first-order chi connectivity index (χ1) is 13.0. The number of aromatic amines is 1. The number of nitrogens with zero attached hydrogens (tertiary/aromatic N) is 6. The molecule has 0 aliphatic heterocycles. The van der Waals surface area contributed by atoms with Crippen molar-refractivity contribution in [1.29, 1.82) is 0 Å². The van der Waals surface area contributed by atoms with Crippen molar-refractivity contribution >= 4 is 11.8 Å². The molecule has 2 amide bonds. The summed E-state index contributed by atoms with van der Waals surface area (Å²) >= 11 is 0. The lowest BCUT2D eigenvalue weighted by Gasteiger charge is -2.18. The first-order valence-electron chi connectivity index (χ1n) is 9.51. The maximum absolute atomic E-state index is 12.7. The molecular weight excluding hydrogens is 346 g/mol. The van der Waals surface area contributed by atoms with Gasteiger partial charge in [-0.15, -0.1) is 5.10 Å². The van der Waals surface area contributed by atoms with Crippen LogP contribution in [0.4, 0.5) is 0 Å². The largest absolute Gasteiger partial charge is 0.342 e. The molecule has 1 aliphatic rings. The molecule has 0 spiro atoms. The van der Waals surface area contributed by atoms with Gasteiger partial charge in [0.2, 0.25) is 5.91 Å². The molecule has 2 heterocycles. The number of hydrogen-bond donors (Lipinski definition) is 1. The second kappa shape index (κ2) is 8.32. The molecule has 1 N–H and O–H groups in total. The number of hydrogen-bond acceptors (Lipinski definition) is 5. The number of carbonyl (C=O) groups is 2. The third-order valence-electron chi connectivity index (χ3n) is 5.05. The predicted molar refractivity (Wildman–Crippen MR) is 99.0 cm³/mol. The third kappa shape index (κ3) is 4.17. The van der Waals surface area contributed by atoms with Gasteiger partial charge in [-0.1, -0.05) is 5.21 Å². The Kier molecular flexibility index (Phi) is 5.88. The third-order valence-corrected chi connectivity index (χ3v) is 5.05. The second-order valence-electron chi connectivity index (χ2n) is 6.86. The van der Waals surface area contributed by atoms with E-state index in [1.165, 1.54) is 28.6 Å². The highest BCUT2D eigenvalue weighted by Gasteiger charge is 2.22. The average molecular weight is 373 g/mol. The minimum absolute atomic E-state index is 0.0413. The van der Waals surface area contributed by atoms with Crippen molar-refractivity contribution < 1.29 is 9.59 Å². The van der Waals surface area contributed by atoms with Gasteiger partial charge in [0, 0.05) is 25.8 Å². The lowest BCUT2D eigenvalue weighted by atomic mass is 9.96. The summed E-state index contributed by atoms with van der Waals surface area (Å²) in [7, 11) is 1.73. The SMILES string of the molecule is CCN(CC)C(=O)Cn1cc(C(=O)N(C)Cc2n[nH]c3c2CCCC3)nn1. The van der Waals surface area contributed by atoms with Crippen LogP contribution in [0.2, 0.25) is 0 Å². The minimum Gasteiger partial charge on any atom is -0.342 e. The van der Waals surface area contributed by atoms with Gasteiger partial charge in [-0.2, -0.15) is 5.10 Å². The zero-order valence-electron chi connectivity index (χ0n) is 16.2. The van der Waals surface area contributed by atoms with Gasteiger partial charge >= 0.3 is 0 Å². The van der Waals surface area contributed by atoms with E-state index in [4.69, 9.17) is 0 Å². The van der Waals surface area contributed by atoms with Crippen molar-refractivity contribution in [2.75, 3.05) is 20.1 Å². The van der Waals surface area contributed by atoms with Crippen LogP contribution in [0.1, 0.15) is 54.1 Å². The van der Waals surface area contributed by atoms with Gasteiger partial charge in [-0.3, -0.25) is 14.7 Å². The van der Waals surface area contributed by atoms with Gasteiger partial charge in [-0.25, -0.2) is 4.68 Å². The van der Waals surface area contributed by atoms with Crippen LogP contribution in [-0.4, -0.2) is 66.9 Å². The zero-order valence-corrected chi connectivity index (χ0v) is 16.2. The van der Waals surface area contributed by atoms with Crippen molar-refractivity contribution in [1.82, 2.24) is 35.0 Å². The van der Waals surface area contributed by atoms with E-state index in [9.17, 15) is 9.59 Å². The highest BCUT2D eigenvalue weighted by molar-refractivity contribution is 5.91. The van der Waals surface area contributed by atoms with Crippen molar-refractivity contribution in [2.45, 2.75) is 52.6 Å². The average Bonchev–Trinajstić information content (AvgIpc) is 3.29. The van der Waals surface area contributed by atoms with E-state index in [-0.39, 0.29) is 24.1 Å². The molecular formula is C18H27N7O2. The molecule has 9 heteroatoms. The number of rotatable bonds is 7. The fourth-order valence-corrected chi connectivity index (χ4v) is 3.46. The van der Waals surface area contributed by atoms with Crippen molar-refractivity contribution in [3.8, 4) is 0 Å². The Balaban J connectivity index is 1.63. The Bertz CT molecular complexity index is 806. The fraction of sp³-hybridized carbons (Fsp3) is 0.611. The van der Waals surface area contributed by atoms with Crippen molar-refractivity contribution in [3.63, 3.8) is 0 Å². The summed E-state index contributed by atoms with van der Waals surface area (Å²) in [6, 6.07) is 0. The summed E-state index contributed by atoms with van der Waals surface area (Å²) in [6.07, 6.45) is 5.90. The Labute approximate surface area is 158 Å². The van der Waals surface area contributed by atoms with Gasteiger partial charge in [-0.05, 0) is 45.1 Å². The summed E-state index contributed by atoms with van der Waals surface area (Å²) < 4.78 is 1.41. The molecule has 0 atom stereocenters. The molecule has 0 bridgehead atoms. The van der Waals surface area contributed by atoms with Gasteiger partial charge in [0.05, 0.1) is 18.4 Å². The first-order valence-corrected chi connectivity index (χ1v) is 9.51. The number of likely N-dealkylation sites (N-methyl/N-ethyl adjacent to an activating group) is 1. The summed E-state index contributed by atoms with van der Waals surface area (Å²) in [5.74, 6) is -0.274. The van der Waals surface area contributed by atoms with E-state index >= 15 is 0 Å². The van der Waals surface area contributed by atoms with Crippen LogP contribution in [0.25, 0.3) is 0 Å². The van der Waals surface area contributed by atoms with Crippen LogP contribution in [0.5, 0.6) is 0 Å². The van der Waals surface area contributed by atoms with Crippen LogP contribution in [0.15, 0.2) is 6.20 Å². The Morgan fingerprint density at radius 3 is 2.70 bits per heavy atom. The normalized spacial score (nSPS) is 13.3. The van der Waals surface area contributed by atoms with Crippen LogP contribution in [0.3, 0.4) is 0 Å². The minimum atomic E-state index is -0.232. The Morgan fingerprint density at radius 1 is 1.22 bits per heavy atom. The van der Waals surface area contributed by atoms with E-state index in [2.05, 4.69) is 20.5 Å². The van der Waals surface area contributed by atoms with Crippen molar-refractivity contribution in [3.05, 3.63) is 28.8 Å². The zero-order chi connectivity index (χ0) is 19.4. The number of aryl methyl sites for hydroxylation is 1. The molecule has 27 heavy (non-hydrogen) atoms. The van der Waals surface area contributed by atoms with Gasteiger partial charge in [0.25, 0.3) is 5.91 Å². The number of fused-ring (bicyclic) bond motifs is 1. The molecule has 3 rings (SSSR count). The molecule has 0 fully saturated rings. The molecule has 0 saturated carbocycles. The smallest absolute Gasteiger partial charge is 0.276 e. The molecule has 1 aliphatic carbocycles. The quantitative estimate of drug-likeness (QED) is 0.781. The predicted octanol–water partition coefficient (Wildman–Crippen LogP) is 1.02. The standard InChI is InChI=1S/C18H27N7O2/c1-4-24(5-2)17(26)12-25-11-16(21-22-25)18(27)23(3)10-15-13-8-6-7-9-14(13)19-20-15/h11H,4-10,12H2,1-3H3,(H,19,20). The summed E-state index contributed by atoms with van der Waals surface area (Å²) in [6.45, 7) is 5.66. The Hall–Kier alpha value is -2.71. The maximum Gasteiger partial charge on any atom is 0.276 e. The number of H-pyrrole nitrogens is 1. The molecule has 146 valence electrons. The molecule has 0 saturated heterocycles. The summed E-state index contributed by atoms with van der Waals surface area (Å²) in [5.41, 5.74) is 3.59. The second-order valence-corrected chi connectivity index (χ2v) is 6.86. The Morgan fingerprint density at radius 2 is 1.96 bits per heavy atom. The number of aromatic nitrogens is 5. The van der Waals surface area contributed by atoms with Gasteiger partial charge < -0.3 is 9.80 Å². The summed E-state index contributed by atoms with van der Waals surface area (Å²) in [4.78, 5) is 28.1. The lowest BCUT2D eigenvalue weighted by molar-refractivity contribution is -0.131. The van der Waals surface area contributed by atoms with Gasteiger partial charge in [0.1, 0.15) is 6.54 Å². The molecule has 0 radical (unpaired) electrons. The monoisotopic (exact) mass is 373 g/mol. The topological polar surface area (TPSA) is 100 Å². The summed E-state index contributed by atoms with van der Waals surface area (Å²) in [5, 5.41) is 15.4. The van der Waals surface area contributed by atoms with Crippen LogP contribution in [0, 0.1) is 0 Å². The fourth-order valence-electron chi connectivity index (χ4n) is 3.46. The molecule has 9 nitrogen and oxygen atoms in total. The van der Waals surface area contributed by atoms with E-state index in [1.54, 1.807) is 16.8 Å². The molecule has 2 aromatic rings. The lowest BCUT2D eigenvalue weighted by Crippen LogP contribution is -2.33. The highest BCUT2D eigenvalue weighted by atomic mass is 16.2. The highest BCUT2D eigenvalue weighted by Crippen LogP contribution is 2.23. The van der Waals surface area contributed by atoms with Crippen molar-refractivity contribution in [2.24, 2.45) is 0 Å². The van der Waals surface area contributed by atoms with E-state index in [0.717, 1.165) is 25.0 Å². The van der Waals surface area contributed by atoms with Gasteiger partial charge in [0.15, 0.2) is 5.69 Å². The van der Waals surface area contributed by atoms with E-state index < -0.39 is 0 Å². The number of amides is 2. The number of carbonyl (C=O) groups excluding carboxylic acids is 2. The van der Waals surface area contributed by atoms with E-state index in [0.29, 0.717) is 19.6 Å². The van der Waals surface area contributed by atoms with Crippen LogP contribution in [-0.2, 0) is 30.7 Å². The molecule has 0 aromatic carbocycles. The van der Waals surface area contributed by atoms with Crippen LogP contribution >= 0.6 is 0 Å². The van der Waals surface area contributed by atoms with E-state index in [1.807, 2.05) is 13.8 Å².